The highest BCUT2D eigenvalue weighted by Gasteiger charge is 2.16. The maximum Gasteiger partial charge on any atom is 0.203 e. The SMILES string of the molecule is COc1cc(-c2cc(=O)c3cc(N)ccc3o2)cc(OC)c1OC. The van der Waals surface area contributed by atoms with Gasteiger partial charge in [-0.1, -0.05) is 0 Å². The van der Waals surface area contributed by atoms with Crippen molar-refractivity contribution in [2.75, 3.05) is 27.1 Å². The molecule has 0 radical (unpaired) electrons. The van der Waals surface area contributed by atoms with E-state index in [1.807, 2.05) is 0 Å². The van der Waals surface area contributed by atoms with E-state index in [1.165, 1.54) is 27.4 Å². The van der Waals surface area contributed by atoms with Gasteiger partial charge in [-0.15, -0.1) is 0 Å². The molecule has 0 aliphatic rings. The lowest BCUT2D eigenvalue weighted by Gasteiger charge is -2.14. The second kappa shape index (κ2) is 6.16. The van der Waals surface area contributed by atoms with Crippen molar-refractivity contribution in [3.63, 3.8) is 0 Å². The fourth-order valence-electron chi connectivity index (χ4n) is 2.54. The van der Waals surface area contributed by atoms with Gasteiger partial charge in [0.25, 0.3) is 0 Å². The van der Waals surface area contributed by atoms with Gasteiger partial charge in [0.05, 0.1) is 26.7 Å². The summed E-state index contributed by atoms with van der Waals surface area (Å²) in [7, 11) is 4.58. The molecule has 0 unspecified atom stereocenters. The first-order valence-corrected chi connectivity index (χ1v) is 7.21. The van der Waals surface area contributed by atoms with E-state index >= 15 is 0 Å². The lowest BCUT2D eigenvalue weighted by Crippen LogP contribution is -2.02. The van der Waals surface area contributed by atoms with E-state index in [9.17, 15) is 4.79 Å². The molecule has 3 aromatic rings. The van der Waals surface area contributed by atoms with Crippen LogP contribution < -0.4 is 25.4 Å². The first-order valence-electron chi connectivity index (χ1n) is 7.21. The number of ether oxygens (including phenoxy) is 3. The monoisotopic (exact) mass is 327 g/mol. The molecule has 0 atom stereocenters. The molecule has 124 valence electrons. The quantitative estimate of drug-likeness (QED) is 0.741. The Kier molecular flexibility index (Phi) is 4.04. The second-order valence-corrected chi connectivity index (χ2v) is 5.14. The Balaban J connectivity index is 2.24. The highest BCUT2D eigenvalue weighted by Crippen LogP contribution is 2.41. The van der Waals surface area contributed by atoms with E-state index in [4.69, 9.17) is 24.4 Å². The van der Waals surface area contributed by atoms with Gasteiger partial charge in [0.2, 0.25) is 5.75 Å². The molecule has 0 fully saturated rings. The van der Waals surface area contributed by atoms with Crippen LogP contribution in [0.3, 0.4) is 0 Å². The standard InChI is InChI=1S/C18H17NO5/c1-21-16-6-10(7-17(22-2)18(16)23-3)15-9-13(20)12-8-11(19)4-5-14(12)24-15/h4-9H,19H2,1-3H3. The topological polar surface area (TPSA) is 83.9 Å². The summed E-state index contributed by atoms with van der Waals surface area (Å²) < 4.78 is 21.8. The Morgan fingerprint density at radius 3 is 2.17 bits per heavy atom. The summed E-state index contributed by atoms with van der Waals surface area (Å²) in [5.74, 6) is 1.83. The van der Waals surface area contributed by atoms with E-state index in [2.05, 4.69) is 0 Å². The van der Waals surface area contributed by atoms with E-state index in [-0.39, 0.29) is 5.43 Å². The number of anilines is 1. The lowest BCUT2D eigenvalue weighted by atomic mass is 10.1. The molecule has 0 spiro atoms. The Hall–Kier alpha value is -3.15. The van der Waals surface area contributed by atoms with Crippen molar-refractivity contribution in [2.24, 2.45) is 0 Å². The Labute approximate surface area is 138 Å². The van der Waals surface area contributed by atoms with E-state index in [0.717, 1.165) is 0 Å². The smallest absolute Gasteiger partial charge is 0.203 e. The van der Waals surface area contributed by atoms with Crippen molar-refractivity contribution >= 4 is 16.7 Å². The third-order valence-electron chi connectivity index (χ3n) is 3.70. The van der Waals surface area contributed by atoms with Crippen LogP contribution >= 0.6 is 0 Å². The number of benzene rings is 2. The number of fused-ring (bicyclic) bond motifs is 1. The summed E-state index contributed by atoms with van der Waals surface area (Å²) in [5.41, 5.74) is 7.16. The minimum atomic E-state index is -0.174. The van der Waals surface area contributed by atoms with Crippen LogP contribution in [0, 0.1) is 0 Å². The first kappa shape index (κ1) is 15.7. The van der Waals surface area contributed by atoms with E-state index in [0.29, 0.717) is 45.2 Å². The van der Waals surface area contributed by atoms with E-state index in [1.54, 1.807) is 30.3 Å². The van der Waals surface area contributed by atoms with Gasteiger partial charge in [-0.2, -0.15) is 0 Å². The molecule has 0 bridgehead atoms. The van der Waals surface area contributed by atoms with Crippen molar-refractivity contribution in [3.8, 4) is 28.6 Å². The van der Waals surface area contributed by atoms with Crippen LogP contribution in [0.1, 0.15) is 0 Å². The van der Waals surface area contributed by atoms with Gasteiger partial charge < -0.3 is 24.4 Å². The van der Waals surface area contributed by atoms with Gasteiger partial charge in [0.1, 0.15) is 11.3 Å². The molecule has 0 saturated carbocycles. The van der Waals surface area contributed by atoms with Gasteiger partial charge in [-0.05, 0) is 30.3 Å². The van der Waals surface area contributed by atoms with Crippen LogP contribution in [0.4, 0.5) is 5.69 Å². The maximum atomic E-state index is 12.4. The fourth-order valence-corrected chi connectivity index (χ4v) is 2.54. The van der Waals surface area contributed by atoms with Gasteiger partial charge in [-0.3, -0.25) is 4.79 Å². The number of methoxy groups -OCH3 is 3. The molecule has 1 heterocycles. The van der Waals surface area contributed by atoms with Crippen molar-refractivity contribution in [1.82, 2.24) is 0 Å². The molecule has 0 aliphatic heterocycles. The number of hydrogen-bond acceptors (Lipinski definition) is 6. The Morgan fingerprint density at radius 2 is 1.58 bits per heavy atom. The Bertz CT molecular complexity index is 936. The molecule has 1 aromatic heterocycles. The Morgan fingerprint density at radius 1 is 0.917 bits per heavy atom. The maximum absolute atomic E-state index is 12.4. The van der Waals surface area contributed by atoms with Gasteiger partial charge in [0.15, 0.2) is 16.9 Å². The van der Waals surface area contributed by atoms with Crippen LogP contribution in [-0.4, -0.2) is 21.3 Å². The number of hydrogen-bond donors (Lipinski definition) is 1. The van der Waals surface area contributed by atoms with Crippen LogP contribution in [0.2, 0.25) is 0 Å². The molecular weight excluding hydrogens is 310 g/mol. The van der Waals surface area contributed by atoms with Crippen LogP contribution in [-0.2, 0) is 0 Å². The minimum absolute atomic E-state index is 0.174. The van der Waals surface area contributed by atoms with Crippen LogP contribution in [0.25, 0.3) is 22.3 Å². The molecule has 2 N–H and O–H groups in total. The fraction of sp³-hybridized carbons (Fsp3) is 0.167. The zero-order chi connectivity index (χ0) is 17.3. The van der Waals surface area contributed by atoms with E-state index < -0.39 is 0 Å². The third kappa shape index (κ3) is 2.62. The summed E-state index contributed by atoms with van der Waals surface area (Å²) >= 11 is 0. The number of nitrogens with two attached hydrogens (primary N) is 1. The molecule has 0 saturated heterocycles. The summed E-state index contributed by atoms with van der Waals surface area (Å²) in [6, 6.07) is 9.83. The average molecular weight is 327 g/mol. The first-order chi connectivity index (χ1) is 11.6. The third-order valence-corrected chi connectivity index (χ3v) is 3.70. The molecule has 0 aliphatic carbocycles. The molecule has 2 aromatic carbocycles. The summed E-state index contributed by atoms with van der Waals surface area (Å²) in [6.45, 7) is 0. The van der Waals surface area contributed by atoms with Crippen LogP contribution in [0.5, 0.6) is 17.2 Å². The number of rotatable bonds is 4. The zero-order valence-electron chi connectivity index (χ0n) is 13.6. The summed E-state index contributed by atoms with van der Waals surface area (Å²) in [4.78, 5) is 12.4. The predicted molar refractivity (Wildman–Crippen MR) is 92.0 cm³/mol. The lowest BCUT2D eigenvalue weighted by molar-refractivity contribution is 0.324. The van der Waals surface area contributed by atoms with Crippen molar-refractivity contribution in [2.45, 2.75) is 0 Å². The van der Waals surface area contributed by atoms with Crippen molar-refractivity contribution < 1.29 is 18.6 Å². The molecule has 3 rings (SSSR count). The number of nitrogen functional groups attached to an aromatic ring is 1. The molecule has 24 heavy (non-hydrogen) atoms. The normalized spacial score (nSPS) is 10.6. The van der Waals surface area contributed by atoms with Gasteiger partial charge in [0, 0.05) is 17.3 Å². The molecule has 6 heteroatoms. The average Bonchev–Trinajstić information content (AvgIpc) is 2.60. The predicted octanol–water partition coefficient (Wildman–Crippen LogP) is 3.07. The molecule has 0 amide bonds. The van der Waals surface area contributed by atoms with Crippen molar-refractivity contribution in [1.29, 1.82) is 0 Å². The molecular formula is C18H17NO5. The second-order valence-electron chi connectivity index (χ2n) is 5.14. The van der Waals surface area contributed by atoms with Crippen LogP contribution in [0.15, 0.2) is 45.6 Å². The zero-order valence-corrected chi connectivity index (χ0v) is 13.6. The van der Waals surface area contributed by atoms with Crippen molar-refractivity contribution in [3.05, 3.63) is 46.6 Å². The largest absolute Gasteiger partial charge is 0.493 e. The highest BCUT2D eigenvalue weighted by atomic mass is 16.5. The molecule has 6 nitrogen and oxygen atoms in total. The minimum Gasteiger partial charge on any atom is -0.493 e. The van der Waals surface area contributed by atoms with Gasteiger partial charge >= 0.3 is 0 Å². The summed E-state index contributed by atoms with van der Waals surface area (Å²) in [6.07, 6.45) is 0. The summed E-state index contributed by atoms with van der Waals surface area (Å²) in [5, 5.41) is 0.436. The highest BCUT2D eigenvalue weighted by molar-refractivity contribution is 5.82. The van der Waals surface area contributed by atoms with Gasteiger partial charge in [-0.25, -0.2) is 0 Å².